The quantitative estimate of drug-likeness (QED) is 0.422. The summed E-state index contributed by atoms with van der Waals surface area (Å²) < 4.78 is 67.6. The molecule has 3 aromatic rings. The number of ether oxygens (including phenoxy) is 1. The number of hydrogen-bond donors (Lipinski definition) is 1. The van der Waals surface area contributed by atoms with Crippen molar-refractivity contribution in [2.45, 2.75) is 12.8 Å². The third kappa shape index (κ3) is 5.39. The summed E-state index contributed by atoms with van der Waals surface area (Å²) in [6.07, 6.45) is -4.48. The molecule has 10 heteroatoms. The van der Waals surface area contributed by atoms with E-state index in [1.807, 2.05) is 0 Å². The first-order valence-corrected chi connectivity index (χ1v) is 8.15. The molecule has 3 rings (SSSR count). The smallest absolute Gasteiger partial charge is 0.418 e. The highest BCUT2D eigenvalue weighted by molar-refractivity contribution is 8.93. The molecule has 0 unspecified atom stereocenters. The van der Waals surface area contributed by atoms with Gasteiger partial charge < -0.3 is 10.1 Å². The van der Waals surface area contributed by atoms with Gasteiger partial charge in [-0.05, 0) is 36.4 Å². The molecule has 144 valence electrons. The Morgan fingerprint density at radius 2 is 1.67 bits per heavy atom. The first kappa shape index (κ1) is 21.1. The Kier molecular flexibility index (Phi) is 6.77. The molecule has 2 aromatic carbocycles. The van der Waals surface area contributed by atoms with Gasteiger partial charge in [-0.15, -0.1) is 28.3 Å². The van der Waals surface area contributed by atoms with Gasteiger partial charge >= 0.3 is 12.8 Å². The lowest BCUT2D eigenvalue weighted by Gasteiger charge is -2.12. The van der Waals surface area contributed by atoms with Gasteiger partial charge in [0.2, 0.25) is 0 Å². The molecule has 1 N–H and O–H groups in total. The average Bonchev–Trinajstić information content (AvgIpc) is 3.03. The van der Waals surface area contributed by atoms with Crippen LogP contribution in [0.5, 0.6) is 5.75 Å². The van der Waals surface area contributed by atoms with Crippen LogP contribution in [0.4, 0.5) is 32.8 Å². The Morgan fingerprint density at radius 1 is 1.00 bits per heavy atom. The summed E-state index contributed by atoms with van der Waals surface area (Å²) in [6, 6.07) is 10.9. The fraction of sp³-hybridized carbons (Fsp3) is 0.118. The third-order valence-electron chi connectivity index (χ3n) is 3.35. The summed E-state index contributed by atoms with van der Waals surface area (Å²) in [5.41, 5.74) is 0.248. The lowest BCUT2D eigenvalue weighted by Crippen LogP contribution is -2.08. The lowest BCUT2D eigenvalue weighted by atomic mass is 10.1. The normalized spacial score (nSPS) is 11.2. The zero-order chi connectivity index (χ0) is 18.7. The van der Waals surface area contributed by atoms with Crippen LogP contribution in [0.25, 0.3) is 11.3 Å². The Morgan fingerprint density at radius 3 is 2.30 bits per heavy atom. The molecule has 0 aliphatic heterocycles. The zero-order valence-corrected chi connectivity index (χ0v) is 15.9. The summed E-state index contributed by atoms with van der Waals surface area (Å²) in [7, 11) is 0. The number of aromatic nitrogens is 1. The summed E-state index contributed by atoms with van der Waals surface area (Å²) in [6.45, 7) is -2.91. The predicted octanol–water partition coefficient (Wildman–Crippen LogP) is 6.75. The molecular weight excluding hydrogens is 455 g/mol. The number of thiazole rings is 1. The lowest BCUT2D eigenvalue weighted by molar-refractivity contribution is -0.136. The Bertz CT molecular complexity index is 884. The van der Waals surface area contributed by atoms with Crippen LogP contribution in [0.1, 0.15) is 5.56 Å². The van der Waals surface area contributed by atoms with Gasteiger partial charge in [-0.1, -0.05) is 12.1 Å². The molecule has 0 atom stereocenters. The third-order valence-corrected chi connectivity index (χ3v) is 4.11. The summed E-state index contributed by atoms with van der Waals surface area (Å²) in [4.78, 5) is 4.24. The Labute approximate surface area is 165 Å². The number of hydrogen-bond acceptors (Lipinski definition) is 4. The number of rotatable bonds is 5. The van der Waals surface area contributed by atoms with E-state index in [2.05, 4.69) is 15.0 Å². The van der Waals surface area contributed by atoms with E-state index in [0.29, 0.717) is 11.3 Å². The first-order chi connectivity index (χ1) is 12.3. The van der Waals surface area contributed by atoms with Crippen molar-refractivity contribution in [3.05, 3.63) is 59.5 Å². The number of halogens is 6. The van der Waals surface area contributed by atoms with Crippen molar-refractivity contribution in [2.75, 3.05) is 5.32 Å². The highest BCUT2D eigenvalue weighted by Gasteiger charge is 2.33. The van der Waals surface area contributed by atoms with Crippen LogP contribution in [0.3, 0.4) is 0 Å². The molecule has 0 aliphatic carbocycles. The molecule has 1 heterocycles. The maximum Gasteiger partial charge on any atom is 0.418 e. The summed E-state index contributed by atoms with van der Waals surface area (Å²) in [5.74, 6) is 0.0106. The molecule has 0 spiro atoms. The molecule has 0 fully saturated rings. The number of anilines is 2. The molecule has 3 nitrogen and oxygen atoms in total. The van der Waals surface area contributed by atoms with Crippen molar-refractivity contribution in [1.29, 1.82) is 0 Å². The van der Waals surface area contributed by atoms with E-state index >= 15 is 0 Å². The van der Waals surface area contributed by atoms with Crippen molar-refractivity contribution in [3.63, 3.8) is 0 Å². The zero-order valence-electron chi connectivity index (χ0n) is 13.3. The van der Waals surface area contributed by atoms with Crippen molar-refractivity contribution >= 4 is 39.1 Å². The second kappa shape index (κ2) is 8.66. The topological polar surface area (TPSA) is 34.1 Å². The van der Waals surface area contributed by atoms with E-state index in [4.69, 9.17) is 0 Å². The van der Waals surface area contributed by atoms with Gasteiger partial charge in [-0.2, -0.15) is 22.0 Å². The van der Waals surface area contributed by atoms with Crippen LogP contribution >= 0.6 is 28.3 Å². The van der Waals surface area contributed by atoms with Crippen LogP contribution in [0, 0.1) is 0 Å². The van der Waals surface area contributed by atoms with E-state index in [1.54, 1.807) is 17.5 Å². The number of benzene rings is 2. The minimum Gasteiger partial charge on any atom is -0.435 e. The highest BCUT2D eigenvalue weighted by atomic mass is 79.9. The van der Waals surface area contributed by atoms with E-state index < -0.39 is 18.4 Å². The number of nitrogens with zero attached hydrogens (tertiary/aromatic N) is 1. The first-order valence-electron chi connectivity index (χ1n) is 7.27. The van der Waals surface area contributed by atoms with Crippen molar-refractivity contribution in [3.8, 4) is 17.0 Å². The Hall–Kier alpha value is -2.20. The van der Waals surface area contributed by atoms with Crippen molar-refractivity contribution in [1.82, 2.24) is 4.98 Å². The molecule has 27 heavy (non-hydrogen) atoms. The fourth-order valence-corrected chi connectivity index (χ4v) is 2.96. The van der Waals surface area contributed by atoms with Gasteiger partial charge in [-0.25, -0.2) is 4.98 Å². The number of para-hydroxylation sites is 1. The molecule has 0 amide bonds. The molecule has 0 radical (unpaired) electrons. The minimum atomic E-state index is -4.48. The van der Waals surface area contributed by atoms with Crippen LogP contribution in [-0.2, 0) is 6.18 Å². The van der Waals surface area contributed by atoms with Crippen LogP contribution < -0.4 is 10.1 Å². The van der Waals surface area contributed by atoms with Gasteiger partial charge in [-0.3, -0.25) is 0 Å². The fourth-order valence-electron chi connectivity index (χ4n) is 2.23. The van der Waals surface area contributed by atoms with Crippen LogP contribution in [0.15, 0.2) is 53.9 Å². The second-order valence-corrected chi connectivity index (χ2v) is 5.97. The van der Waals surface area contributed by atoms with Crippen molar-refractivity contribution < 1.29 is 26.7 Å². The van der Waals surface area contributed by atoms with E-state index in [1.165, 1.54) is 30.3 Å². The molecule has 1 aromatic heterocycles. The van der Waals surface area contributed by atoms with Crippen LogP contribution in [-0.4, -0.2) is 11.6 Å². The SMILES string of the molecule is Br.FC(F)Oc1ccc(-c2csc(Nc3ccccc3C(F)(F)F)n2)cc1. The molecule has 0 bridgehead atoms. The van der Waals surface area contributed by atoms with E-state index in [9.17, 15) is 22.0 Å². The summed E-state index contributed by atoms with van der Waals surface area (Å²) in [5, 5.41) is 4.61. The molecule has 0 saturated heterocycles. The summed E-state index contributed by atoms with van der Waals surface area (Å²) >= 11 is 1.13. The van der Waals surface area contributed by atoms with Gasteiger partial charge in [0.05, 0.1) is 16.9 Å². The van der Waals surface area contributed by atoms with Gasteiger partial charge in [0, 0.05) is 10.9 Å². The number of alkyl halides is 5. The average molecular weight is 467 g/mol. The van der Waals surface area contributed by atoms with E-state index in [0.717, 1.165) is 17.4 Å². The predicted molar refractivity (Wildman–Crippen MR) is 99.2 cm³/mol. The van der Waals surface area contributed by atoms with Gasteiger partial charge in [0.15, 0.2) is 5.13 Å². The number of nitrogens with one attached hydrogen (secondary N) is 1. The van der Waals surface area contributed by atoms with E-state index in [-0.39, 0.29) is 33.5 Å². The monoisotopic (exact) mass is 466 g/mol. The molecular formula is C17H12BrF5N2OS. The van der Waals surface area contributed by atoms with Gasteiger partial charge in [0.25, 0.3) is 0 Å². The van der Waals surface area contributed by atoms with Gasteiger partial charge in [0.1, 0.15) is 5.75 Å². The van der Waals surface area contributed by atoms with Crippen LogP contribution in [0.2, 0.25) is 0 Å². The van der Waals surface area contributed by atoms with Crippen molar-refractivity contribution in [2.24, 2.45) is 0 Å². The standard InChI is InChI=1S/C17H11F5N2OS.BrH/c18-15(19)25-11-7-5-10(6-8-11)14-9-26-16(24-14)23-13-4-2-1-3-12(13)17(20,21)22;/h1-9,15H,(H,23,24);1H. The maximum absolute atomic E-state index is 13.0. The maximum atomic E-state index is 13.0. The Balaban J connectivity index is 0.00000261. The highest BCUT2D eigenvalue weighted by Crippen LogP contribution is 2.37. The molecule has 0 saturated carbocycles. The minimum absolute atomic E-state index is 0. The second-order valence-electron chi connectivity index (χ2n) is 5.11. The molecule has 0 aliphatic rings. The largest absolute Gasteiger partial charge is 0.435 e.